The number of carbonyl (C=O) groups excluding carboxylic acids is 1. The third kappa shape index (κ3) is 3.77. The third-order valence-electron chi connectivity index (χ3n) is 3.31. The minimum atomic E-state index is -3.63. The molecule has 5 nitrogen and oxygen atoms in total. The number of benzene rings is 2. The fraction of sp³-hybridized carbons (Fsp3) is 0.125. The zero-order valence-electron chi connectivity index (χ0n) is 12.4. The number of sulfone groups is 1. The molecular weight excluding hydrogens is 351 g/mol. The van der Waals surface area contributed by atoms with Crippen LogP contribution in [0.2, 0.25) is 0 Å². The van der Waals surface area contributed by atoms with Gasteiger partial charge in [0.05, 0.1) is 20.9 Å². The van der Waals surface area contributed by atoms with Crippen molar-refractivity contribution in [3.8, 4) is 0 Å². The van der Waals surface area contributed by atoms with Crippen LogP contribution in [-0.4, -0.2) is 25.1 Å². The van der Waals surface area contributed by atoms with Crippen LogP contribution >= 0.6 is 11.3 Å². The molecule has 0 radical (unpaired) electrons. The maximum absolute atomic E-state index is 12.9. The van der Waals surface area contributed by atoms with E-state index in [-0.39, 0.29) is 17.1 Å². The Labute approximate surface area is 142 Å². The summed E-state index contributed by atoms with van der Waals surface area (Å²) in [5.74, 6) is -1.29. The molecule has 1 N–H and O–H groups in total. The molecular formula is C16H13FN2O3S2. The molecule has 0 saturated heterocycles. The van der Waals surface area contributed by atoms with Crippen molar-refractivity contribution in [3.63, 3.8) is 0 Å². The van der Waals surface area contributed by atoms with Gasteiger partial charge >= 0.3 is 0 Å². The van der Waals surface area contributed by atoms with Crippen LogP contribution in [0.25, 0.3) is 10.2 Å². The number of amides is 1. The summed E-state index contributed by atoms with van der Waals surface area (Å²) in [6.07, 6.45) is -0.199. The summed E-state index contributed by atoms with van der Waals surface area (Å²) >= 11 is 1.32. The second-order valence-electron chi connectivity index (χ2n) is 5.06. The lowest BCUT2D eigenvalue weighted by Crippen LogP contribution is -2.17. The minimum absolute atomic E-state index is 0.00307. The van der Waals surface area contributed by atoms with Gasteiger partial charge in [0, 0.05) is 6.42 Å². The molecule has 1 heterocycles. The number of aromatic nitrogens is 1. The number of hydrogen-bond donors (Lipinski definition) is 1. The van der Waals surface area contributed by atoms with Crippen LogP contribution in [-0.2, 0) is 14.6 Å². The van der Waals surface area contributed by atoms with Crippen LogP contribution in [0.15, 0.2) is 53.4 Å². The molecule has 0 fully saturated rings. The number of fused-ring (bicyclic) bond motifs is 1. The Morgan fingerprint density at radius 3 is 2.54 bits per heavy atom. The van der Waals surface area contributed by atoms with E-state index >= 15 is 0 Å². The molecule has 0 aliphatic rings. The van der Waals surface area contributed by atoms with Crippen LogP contribution in [0.1, 0.15) is 6.42 Å². The highest BCUT2D eigenvalue weighted by Crippen LogP contribution is 2.25. The topological polar surface area (TPSA) is 76.1 Å². The number of rotatable bonds is 5. The number of hydrogen-bond acceptors (Lipinski definition) is 5. The van der Waals surface area contributed by atoms with Crippen LogP contribution in [0.5, 0.6) is 0 Å². The predicted molar refractivity (Wildman–Crippen MR) is 91.3 cm³/mol. The molecule has 0 saturated carbocycles. The largest absolute Gasteiger partial charge is 0.302 e. The van der Waals surface area contributed by atoms with Crippen LogP contribution in [0.3, 0.4) is 0 Å². The fourth-order valence-electron chi connectivity index (χ4n) is 2.09. The maximum Gasteiger partial charge on any atom is 0.227 e. The third-order valence-corrected chi connectivity index (χ3v) is 5.99. The lowest BCUT2D eigenvalue weighted by Gasteiger charge is -2.04. The number of para-hydroxylation sites is 1. The highest BCUT2D eigenvalue weighted by Gasteiger charge is 2.17. The molecule has 0 unspecified atom stereocenters. The van der Waals surface area contributed by atoms with Crippen molar-refractivity contribution in [3.05, 3.63) is 54.3 Å². The molecule has 0 bridgehead atoms. The van der Waals surface area contributed by atoms with Gasteiger partial charge in [0.1, 0.15) is 5.82 Å². The van der Waals surface area contributed by atoms with Crippen molar-refractivity contribution in [2.45, 2.75) is 11.3 Å². The maximum atomic E-state index is 12.9. The van der Waals surface area contributed by atoms with Gasteiger partial charge in [-0.25, -0.2) is 17.8 Å². The number of anilines is 1. The summed E-state index contributed by atoms with van der Waals surface area (Å²) in [7, 11) is -3.63. The lowest BCUT2D eigenvalue weighted by atomic mass is 10.3. The van der Waals surface area contributed by atoms with E-state index in [1.54, 1.807) is 0 Å². The Morgan fingerprint density at radius 1 is 1.12 bits per heavy atom. The van der Waals surface area contributed by atoms with Crippen molar-refractivity contribution in [2.24, 2.45) is 0 Å². The van der Waals surface area contributed by atoms with E-state index in [4.69, 9.17) is 0 Å². The summed E-state index contributed by atoms with van der Waals surface area (Å²) in [5.41, 5.74) is 0.775. The highest BCUT2D eigenvalue weighted by molar-refractivity contribution is 7.91. The summed E-state index contributed by atoms with van der Waals surface area (Å²) in [4.78, 5) is 16.2. The molecule has 0 spiro atoms. The molecule has 0 aliphatic heterocycles. The quantitative estimate of drug-likeness (QED) is 0.705. The molecule has 3 rings (SSSR count). The van der Waals surface area contributed by atoms with Gasteiger partial charge in [-0.2, -0.15) is 0 Å². The van der Waals surface area contributed by atoms with Crippen LogP contribution in [0, 0.1) is 5.82 Å². The first kappa shape index (κ1) is 16.5. The van der Waals surface area contributed by atoms with Gasteiger partial charge < -0.3 is 5.32 Å². The smallest absolute Gasteiger partial charge is 0.227 e. The summed E-state index contributed by atoms with van der Waals surface area (Å²) in [6.45, 7) is 0. The highest BCUT2D eigenvalue weighted by atomic mass is 32.2. The van der Waals surface area contributed by atoms with Gasteiger partial charge in [0.2, 0.25) is 5.91 Å². The minimum Gasteiger partial charge on any atom is -0.302 e. The second kappa shape index (κ2) is 6.66. The van der Waals surface area contributed by atoms with E-state index < -0.39 is 21.6 Å². The van der Waals surface area contributed by atoms with Crippen molar-refractivity contribution in [1.82, 2.24) is 4.98 Å². The summed E-state index contributed by atoms with van der Waals surface area (Å²) in [6, 6.07) is 12.0. The van der Waals surface area contributed by atoms with Crippen LogP contribution < -0.4 is 5.32 Å². The zero-order chi connectivity index (χ0) is 17.2. The van der Waals surface area contributed by atoms with Gasteiger partial charge in [0.15, 0.2) is 15.0 Å². The molecule has 0 atom stereocenters. The van der Waals surface area contributed by atoms with Crippen LogP contribution in [0.4, 0.5) is 9.52 Å². The Balaban J connectivity index is 1.63. The van der Waals surface area contributed by atoms with E-state index in [1.807, 2.05) is 24.3 Å². The van der Waals surface area contributed by atoms with Gasteiger partial charge in [0.25, 0.3) is 0 Å². The first-order valence-corrected chi connectivity index (χ1v) is 9.55. The number of carbonyl (C=O) groups is 1. The molecule has 1 aromatic heterocycles. The Kier molecular flexibility index (Phi) is 4.59. The summed E-state index contributed by atoms with van der Waals surface area (Å²) in [5, 5.41) is 3.04. The Morgan fingerprint density at radius 2 is 1.83 bits per heavy atom. The molecule has 3 aromatic rings. The van der Waals surface area contributed by atoms with Crippen molar-refractivity contribution >= 4 is 42.4 Å². The van der Waals surface area contributed by atoms with Gasteiger partial charge in [-0.15, -0.1) is 0 Å². The molecule has 1 amide bonds. The van der Waals surface area contributed by atoms with Crippen molar-refractivity contribution in [1.29, 1.82) is 0 Å². The molecule has 24 heavy (non-hydrogen) atoms. The van der Waals surface area contributed by atoms with Gasteiger partial charge in [-0.3, -0.25) is 4.79 Å². The summed E-state index contributed by atoms with van der Waals surface area (Å²) < 4.78 is 38.0. The fourth-order valence-corrected chi connectivity index (χ4v) is 4.22. The SMILES string of the molecule is O=C(CCS(=O)(=O)c1ccc(F)cc1)Nc1nc2ccccc2s1. The van der Waals surface area contributed by atoms with E-state index in [0.717, 1.165) is 22.3 Å². The van der Waals surface area contributed by atoms with Crippen molar-refractivity contribution in [2.75, 3.05) is 11.1 Å². The van der Waals surface area contributed by atoms with E-state index in [0.29, 0.717) is 5.13 Å². The second-order valence-corrected chi connectivity index (χ2v) is 8.20. The first-order chi connectivity index (χ1) is 11.4. The predicted octanol–water partition coefficient (Wildman–Crippen LogP) is 3.24. The Hall–Kier alpha value is -2.32. The number of nitrogens with zero attached hydrogens (tertiary/aromatic N) is 1. The standard InChI is InChI=1S/C16H13FN2O3S2/c17-11-5-7-12(8-6-11)24(21,22)10-9-15(20)19-16-18-13-3-1-2-4-14(13)23-16/h1-8H,9-10H2,(H,18,19,20). The zero-order valence-corrected chi connectivity index (χ0v) is 14.0. The van der Waals surface area contributed by atoms with Gasteiger partial charge in [-0.05, 0) is 36.4 Å². The molecule has 2 aromatic carbocycles. The normalized spacial score (nSPS) is 11.5. The monoisotopic (exact) mass is 364 g/mol. The number of thiazole rings is 1. The molecule has 0 aliphatic carbocycles. The van der Waals surface area contributed by atoms with E-state index in [1.165, 1.54) is 23.5 Å². The number of halogens is 1. The lowest BCUT2D eigenvalue weighted by molar-refractivity contribution is -0.115. The van der Waals surface area contributed by atoms with E-state index in [9.17, 15) is 17.6 Å². The van der Waals surface area contributed by atoms with Gasteiger partial charge in [-0.1, -0.05) is 23.5 Å². The van der Waals surface area contributed by atoms with Crippen molar-refractivity contribution < 1.29 is 17.6 Å². The Bertz CT molecular complexity index is 949. The first-order valence-electron chi connectivity index (χ1n) is 7.08. The average molecular weight is 364 g/mol. The number of nitrogens with one attached hydrogen (secondary N) is 1. The molecule has 124 valence electrons. The average Bonchev–Trinajstić information content (AvgIpc) is 2.95. The molecule has 8 heteroatoms. The van der Waals surface area contributed by atoms with E-state index in [2.05, 4.69) is 10.3 Å².